The first-order valence-corrected chi connectivity index (χ1v) is 10.0. The van der Waals surface area contributed by atoms with Gasteiger partial charge in [-0.05, 0) is 41.5 Å². The molecule has 3 aromatic carbocycles. The fourth-order valence-corrected chi connectivity index (χ4v) is 3.17. The zero-order chi connectivity index (χ0) is 22.3. The first kappa shape index (κ1) is 21.0. The molecule has 4 aromatic rings. The van der Waals surface area contributed by atoms with E-state index in [2.05, 4.69) is 22.5 Å². The summed E-state index contributed by atoms with van der Waals surface area (Å²) in [6.45, 7) is 0.181. The topological polar surface area (TPSA) is 74.6 Å². The Morgan fingerprint density at radius 1 is 0.875 bits per heavy atom. The third kappa shape index (κ3) is 4.89. The van der Waals surface area contributed by atoms with Gasteiger partial charge in [-0.1, -0.05) is 42.5 Å². The maximum Gasteiger partial charge on any atom is 0.276 e. The Hall–Kier alpha value is -4.26. The highest BCUT2D eigenvalue weighted by Gasteiger charge is 2.14. The standard InChI is InChI=1S/C25H23N3O4/c1-30-21-12-13-24(31-2)23(16-21)26-25(29)22-14-15-28(27-22)17-32-20-10-8-19(9-11-20)18-6-4-3-5-7-18/h3-16H,17H2,1-2H3,(H,26,29). The van der Waals surface area contributed by atoms with Gasteiger partial charge in [0.05, 0.1) is 19.9 Å². The molecule has 0 saturated heterocycles. The van der Waals surface area contributed by atoms with Crippen LogP contribution < -0.4 is 19.5 Å². The van der Waals surface area contributed by atoms with Crippen LogP contribution in [0.2, 0.25) is 0 Å². The number of methoxy groups -OCH3 is 2. The fraction of sp³-hybridized carbons (Fsp3) is 0.120. The predicted octanol–water partition coefficient (Wildman–Crippen LogP) is 4.86. The molecule has 0 radical (unpaired) electrons. The lowest BCUT2D eigenvalue weighted by atomic mass is 10.1. The molecule has 32 heavy (non-hydrogen) atoms. The van der Waals surface area contributed by atoms with Crippen LogP contribution in [0.5, 0.6) is 17.2 Å². The van der Waals surface area contributed by atoms with E-state index in [-0.39, 0.29) is 18.3 Å². The van der Waals surface area contributed by atoms with Gasteiger partial charge in [0.2, 0.25) is 0 Å². The van der Waals surface area contributed by atoms with Gasteiger partial charge in [0, 0.05) is 12.3 Å². The summed E-state index contributed by atoms with van der Waals surface area (Å²) in [5.74, 6) is 1.49. The Morgan fingerprint density at radius 3 is 2.31 bits per heavy atom. The van der Waals surface area contributed by atoms with Crippen molar-refractivity contribution in [1.29, 1.82) is 0 Å². The van der Waals surface area contributed by atoms with Crippen LogP contribution >= 0.6 is 0 Å². The van der Waals surface area contributed by atoms with E-state index in [1.165, 1.54) is 7.11 Å². The van der Waals surface area contributed by atoms with Crippen molar-refractivity contribution in [2.24, 2.45) is 0 Å². The number of nitrogens with one attached hydrogen (secondary N) is 1. The second-order valence-electron chi connectivity index (χ2n) is 6.92. The number of ether oxygens (including phenoxy) is 3. The second kappa shape index (κ2) is 9.70. The lowest BCUT2D eigenvalue weighted by Gasteiger charge is -2.11. The van der Waals surface area contributed by atoms with Crippen molar-refractivity contribution in [2.45, 2.75) is 6.73 Å². The van der Waals surface area contributed by atoms with Crippen LogP contribution in [0, 0.1) is 0 Å². The normalized spacial score (nSPS) is 10.4. The van der Waals surface area contributed by atoms with E-state index < -0.39 is 0 Å². The molecule has 1 heterocycles. The second-order valence-corrected chi connectivity index (χ2v) is 6.92. The summed E-state index contributed by atoms with van der Waals surface area (Å²) < 4.78 is 17.9. The maximum absolute atomic E-state index is 12.6. The van der Waals surface area contributed by atoms with Crippen LogP contribution in [0.15, 0.2) is 85.1 Å². The largest absolute Gasteiger partial charge is 0.497 e. The van der Waals surface area contributed by atoms with Crippen LogP contribution in [0.4, 0.5) is 5.69 Å². The Kier molecular flexibility index (Phi) is 6.36. The van der Waals surface area contributed by atoms with Crippen molar-refractivity contribution in [1.82, 2.24) is 9.78 Å². The molecule has 1 aromatic heterocycles. The van der Waals surface area contributed by atoms with Gasteiger partial charge in [0.1, 0.15) is 17.2 Å². The van der Waals surface area contributed by atoms with E-state index >= 15 is 0 Å². The van der Waals surface area contributed by atoms with Crippen molar-refractivity contribution in [3.8, 4) is 28.4 Å². The molecule has 0 aliphatic rings. The van der Waals surface area contributed by atoms with Gasteiger partial charge < -0.3 is 19.5 Å². The highest BCUT2D eigenvalue weighted by atomic mass is 16.5. The monoisotopic (exact) mass is 429 g/mol. The summed E-state index contributed by atoms with van der Waals surface area (Å²) >= 11 is 0. The number of rotatable bonds is 8. The minimum Gasteiger partial charge on any atom is -0.497 e. The van der Waals surface area contributed by atoms with Crippen molar-refractivity contribution < 1.29 is 19.0 Å². The number of carbonyl (C=O) groups excluding carboxylic acids is 1. The van der Waals surface area contributed by atoms with E-state index in [4.69, 9.17) is 14.2 Å². The first-order chi connectivity index (χ1) is 15.7. The number of aromatic nitrogens is 2. The van der Waals surface area contributed by atoms with Gasteiger partial charge in [-0.2, -0.15) is 5.10 Å². The van der Waals surface area contributed by atoms with Crippen LogP contribution in [0.3, 0.4) is 0 Å². The van der Waals surface area contributed by atoms with Crippen LogP contribution in [-0.4, -0.2) is 29.9 Å². The summed E-state index contributed by atoms with van der Waals surface area (Å²) in [4.78, 5) is 12.6. The lowest BCUT2D eigenvalue weighted by Crippen LogP contribution is -2.15. The van der Waals surface area contributed by atoms with E-state index in [1.807, 2.05) is 42.5 Å². The molecule has 0 saturated carbocycles. The quantitative estimate of drug-likeness (QED) is 0.433. The van der Waals surface area contributed by atoms with Crippen molar-refractivity contribution in [3.63, 3.8) is 0 Å². The molecule has 0 aliphatic carbocycles. The van der Waals surface area contributed by atoms with Gasteiger partial charge in [0.15, 0.2) is 12.4 Å². The third-order valence-electron chi connectivity index (χ3n) is 4.85. The summed E-state index contributed by atoms with van der Waals surface area (Å²) in [7, 11) is 3.10. The zero-order valence-electron chi connectivity index (χ0n) is 17.8. The number of carbonyl (C=O) groups is 1. The first-order valence-electron chi connectivity index (χ1n) is 10.0. The number of benzene rings is 3. The van der Waals surface area contributed by atoms with Crippen LogP contribution in [-0.2, 0) is 6.73 Å². The molecule has 0 atom stereocenters. The zero-order valence-corrected chi connectivity index (χ0v) is 17.8. The molecule has 162 valence electrons. The van der Waals surface area contributed by atoms with E-state index in [9.17, 15) is 4.79 Å². The molecule has 0 spiro atoms. The van der Waals surface area contributed by atoms with E-state index in [1.54, 1.807) is 42.3 Å². The van der Waals surface area contributed by atoms with E-state index in [0.29, 0.717) is 22.9 Å². The summed E-state index contributed by atoms with van der Waals surface area (Å²) in [5.41, 5.74) is 3.03. The van der Waals surface area contributed by atoms with Gasteiger partial charge in [-0.3, -0.25) is 4.79 Å². The summed E-state index contributed by atoms with van der Waals surface area (Å²) in [6, 6.07) is 24.8. The molecule has 0 bridgehead atoms. The van der Waals surface area contributed by atoms with Gasteiger partial charge in [0.25, 0.3) is 5.91 Å². The van der Waals surface area contributed by atoms with Crippen molar-refractivity contribution in [3.05, 3.63) is 90.8 Å². The van der Waals surface area contributed by atoms with E-state index in [0.717, 1.165) is 11.1 Å². The molecule has 7 heteroatoms. The number of anilines is 1. The smallest absolute Gasteiger partial charge is 0.276 e. The maximum atomic E-state index is 12.6. The minimum absolute atomic E-state index is 0.181. The number of amides is 1. The third-order valence-corrected chi connectivity index (χ3v) is 4.85. The fourth-order valence-electron chi connectivity index (χ4n) is 3.17. The highest BCUT2D eigenvalue weighted by molar-refractivity contribution is 6.03. The Morgan fingerprint density at radius 2 is 1.59 bits per heavy atom. The molecule has 1 N–H and O–H groups in total. The van der Waals surface area contributed by atoms with Crippen molar-refractivity contribution in [2.75, 3.05) is 19.5 Å². The Labute approximate surface area is 186 Å². The lowest BCUT2D eigenvalue weighted by molar-refractivity contribution is 0.102. The van der Waals surface area contributed by atoms with Crippen LogP contribution in [0.25, 0.3) is 11.1 Å². The minimum atomic E-state index is -0.359. The molecule has 0 aliphatic heterocycles. The Balaban J connectivity index is 1.37. The summed E-state index contributed by atoms with van der Waals surface area (Å²) in [6.07, 6.45) is 1.69. The summed E-state index contributed by atoms with van der Waals surface area (Å²) in [5, 5.41) is 7.09. The Bertz CT molecular complexity index is 1190. The number of nitrogens with zero attached hydrogens (tertiary/aromatic N) is 2. The van der Waals surface area contributed by atoms with Crippen molar-refractivity contribution >= 4 is 11.6 Å². The highest BCUT2D eigenvalue weighted by Crippen LogP contribution is 2.29. The van der Waals surface area contributed by atoms with Gasteiger partial charge >= 0.3 is 0 Å². The van der Waals surface area contributed by atoms with Gasteiger partial charge in [-0.15, -0.1) is 0 Å². The molecule has 1 amide bonds. The van der Waals surface area contributed by atoms with Gasteiger partial charge in [-0.25, -0.2) is 4.68 Å². The molecule has 7 nitrogen and oxygen atoms in total. The predicted molar refractivity (Wildman–Crippen MR) is 122 cm³/mol. The number of hydrogen-bond acceptors (Lipinski definition) is 5. The SMILES string of the molecule is COc1ccc(OC)c(NC(=O)c2ccn(COc3ccc(-c4ccccc4)cc3)n2)c1. The average molecular weight is 429 g/mol. The molecular weight excluding hydrogens is 406 g/mol. The van der Waals surface area contributed by atoms with Crippen LogP contribution in [0.1, 0.15) is 10.5 Å². The molecule has 0 unspecified atom stereocenters. The molecule has 0 fully saturated rings. The molecule has 4 rings (SSSR count). The number of hydrogen-bond donors (Lipinski definition) is 1. The molecular formula is C25H23N3O4. The average Bonchev–Trinajstić information content (AvgIpc) is 3.33.